The molecule has 0 saturated carbocycles. The maximum Gasteiger partial charge on any atom is 0 e. The second kappa shape index (κ2) is 51.3. The molecule has 7 heavy (non-hydrogen) atoms. The molecular formula is H4O2S2Y3-2. The maximum atomic E-state index is 3.67. The van der Waals surface area contributed by atoms with Gasteiger partial charge in [0.05, 0.1) is 0 Å². The second-order valence-electron chi connectivity index (χ2n) is 0. The quantitative estimate of drug-likeness (QED) is 0.380. The molecule has 0 saturated heterocycles. The van der Waals surface area contributed by atoms with Gasteiger partial charge in [-0.3, -0.25) is 0 Å². The molecule has 0 aromatic carbocycles. The molecule has 0 rings (SSSR count). The van der Waals surface area contributed by atoms with Crippen LogP contribution >= 0.6 is 0 Å². The average molecular weight is 367 g/mol. The molecule has 0 atom stereocenters. The van der Waals surface area contributed by atoms with E-state index < -0.39 is 0 Å². The Labute approximate surface area is 129 Å². The molecular weight excluding hydrogens is 363 g/mol. The number of hydrogen-bond donors (Lipinski definition) is 0. The van der Waals surface area contributed by atoms with Crippen LogP contribution in [0.3, 0.4) is 0 Å². The van der Waals surface area contributed by atoms with E-state index in [2.05, 4.69) is 23.3 Å². The maximum absolute atomic E-state index is 3.67. The SMILES string of the molecule is O.O.[S-][S-].[Y].[Y].[Y]. The van der Waals surface area contributed by atoms with Crippen molar-refractivity contribution in [2.75, 3.05) is 0 Å². The first kappa shape index (κ1) is 44.3. The monoisotopic (exact) mass is 367 g/mol. The molecule has 0 aliphatic carbocycles. The molecule has 7 heteroatoms. The first-order valence-electron chi connectivity index (χ1n) is 0.167. The van der Waals surface area contributed by atoms with Crippen LogP contribution in [-0.4, -0.2) is 11.0 Å². The molecule has 0 bridgehead atoms. The van der Waals surface area contributed by atoms with Crippen molar-refractivity contribution < 1.29 is 109 Å². The van der Waals surface area contributed by atoms with Gasteiger partial charge in [0, 0.05) is 98.1 Å². The summed E-state index contributed by atoms with van der Waals surface area (Å²) in [4.78, 5) is 0. The van der Waals surface area contributed by atoms with Gasteiger partial charge in [-0.15, -0.1) is 0 Å². The van der Waals surface area contributed by atoms with Crippen molar-refractivity contribution in [3.8, 4) is 0 Å². The Morgan fingerprint density at radius 2 is 0.571 bits per heavy atom. The molecule has 0 aliphatic heterocycles. The van der Waals surface area contributed by atoms with Gasteiger partial charge in [0.25, 0.3) is 0 Å². The summed E-state index contributed by atoms with van der Waals surface area (Å²) in [6.07, 6.45) is 0. The Morgan fingerprint density at radius 3 is 0.571 bits per heavy atom. The molecule has 0 fully saturated rings. The van der Waals surface area contributed by atoms with Gasteiger partial charge in [-0.05, 0) is 0 Å². The van der Waals surface area contributed by atoms with Gasteiger partial charge in [0.15, 0.2) is 0 Å². The third-order valence-electron chi connectivity index (χ3n) is 0. The van der Waals surface area contributed by atoms with Crippen molar-refractivity contribution in [3.63, 3.8) is 0 Å². The van der Waals surface area contributed by atoms with Crippen LogP contribution in [0.15, 0.2) is 0 Å². The van der Waals surface area contributed by atoms with E-state index in [0.717, 1.165) is 0 Å². The first-order valence-corrected chi connectivity index (χ1v) is 1.50. The van der Waals surface area contributed by atoms with E-state index in [1.54, 1.807) is 0 Å². The second-order valence-corrected chi connectivity index (χ2v) is 0. The third-order valence-corrected chi connectivity index (χ3v) is 0. The van der Waals surface area contributed by atoms with Gasteiger partial charge in [-0.2, -0.15) is 0 Å². The van der Waals surface area contributed by atoms with Crippen LogP contribution in [0.1, 0.15) is 0 Å². The standard InChI is InChI=1S/2H2O.S2.3Y/c;;1-2;;;/h2*1H2;;;;/q;;-2;;;. The molecule has 3 radical (unpaired) electrons. The fraction of sp³-hybridized carbons (Fsp3) is 0. The summed E-state index contributed by atoms with van der Waals surface area (Å²) in [7, 11) is 0. The Hall–Kier alpha value is 3.93. The summed E-state index contributed by atoms with van der Waals surface area (Å²) in [5.41, 5.74) is 0. The third kappa shape index (κ3) is 40.4. The van der Waals surface area contributed by atoms with Crippen LogP contribution in [-0.2, 0) is 121 Å². The van der Waals surface area contributed by atoms with E-state index in [1.807, 2.05) is 0 Å². The minimum Gasteiger partial charge on any atom is -1.00 e. The topological polar surface area (TPSA) is 63.0 Å². The summed E-state index contributed by atoms with van der Waals surface area (Å²) in [5.74, 6) is 0. The van der Waals surface area contributed by atoms with E-state index in [9.17, 15) is 0 Å². The van der Waals surface area contributed by atoms with Crippen molar-refractivity contribution in [1.29, 1.82) is 0 Å². The predicted octanol–water partition coefficient (Wildman–Crippen LogP) is -1.66. The van der Waals surface area contributed by atoms with Crippen molar-refractivity contribution >= 4 is 23.3 Å². The molecule has 0 aliphatic rings. The zero-order valence-electron chi connectivity index (χ0n) is 3.55. The fourth-order valence-corrected chi connectivity index (χ4v) is 0. The van der Waals surface area contributed by atoms with Crippen LogP contribution in [0.25, 0.3) is 0 Å². The zero-order chi connectivity index (χ0) is 2.00. The normalized spacial score (nSPS) is 0.857. The fourth-order valence-electron chi connectivity index (χ4n) is 0. The van der Waals surface area contributed by atoms with Gasteiger partial charge in [0.1, 0.15) is 0 Å². The van der Waals surface area contributed by atoms with Gasteiger partial charge in [-0.1, -0.05) is 0 Å². The van der Waals surface area contributed by atoms with Crippen molar-refractivity contribution in [2.24, 2.45) is 0 Å². The summed E-state index contributed by atoms with van der Waals surface area (Å²) in [5, 5.41) is 0. The predicted molar refractivity (Wildman–Crippen MR) is 22.0 cm³/mol. The van der Waals surface area contributed by atoms with Gasteiger partial charge >= 0.3 is 0 Å². The van der Waals surface area contributed by atoms with E-state index in [1.165, 1.54) is 0 Å². The van der Waals surface area contributed by atoms with Crippen LogP contribution in [0.2, 0.25) is 0 Å². The summed E-state index contributed by atoms with van der Waals surface area (Å²) >= 11 is 7.33. The number of rotatable bonds is 0. The molecule has 0 aromatic rings. The minimum atomic E-state index is 0. The van der Waals surface area contributed by atoms with Gasteiger partial charge < -0.3 is 34.3 Å². The van der Waals surface area contributed by atoms with Crippen molar-refractivity contribution in [3.05, 3.63) is 0 Å². The Balaban J connectivity index is -0.000000000500. The average Bonchev–Trinajstić information content (AvgIpc) is 1.00. The Kier molecular flexibility index (Phi) is 325. The van der Waals surface area contributed by atoms with E-state index in [0.29, 0.717) is 0 Å². The Bertz CT molecular complexity index is 10.9. The van der Waals surface area contributed by atoms with Crippen LogP contribution in [0, 0.1) is 0 Å². The first-order chi connectivity index (χ1) is 1.00. The van der Waals surface area contributed by atoms with E-state index in [4.69, 9.17) is 0 Å². The summed E-state index contributed by atoms with van der Waals surface area (Å²) in [6.45, 7) is 0. The van der Waals surface area contributed by atoms with Crippen molar-refractivity contribution in [2.45, 2.75) is 0 Å². The van der Waals surface area contributed by atoms with Gasteiger partial charge in [-0.25, -0.2) is 0 Å². The van der Waals surface area contributed by atoms with Gasteiger partial charge in [0.2, 0.25) is 0 Å². The largest absolute Gasteiger partial charge is 1.00 e. The molecule has 0 unspecified atom stereocenters. The molecule has 0 amide bonds. The molecule has 4 N–H and O–H groups in total. The zero-order valence-corrected chi connectivity index (χ0v) is 13.7. The molecule has 0 spiro atoms. The molecule has 0 aromatic heterocycles. The minimum absolute atomic E-state index is 0. The summed E-state index contributed by atoms with van der Waals surface area (Å²) in [6, 6.07) is 0. The molecule has 39 valence electrons. The number of hydrogen-bond acceptors (Lipinski definition) is 2. The van der Waals surface area contributed by atoms with Crippen LogP contribution in [0.4, 0.5) is 0 Å². The molecule has 0 heterocycles. The van der Waals surface area contributed by atoms with Crippen molar-refractivity contribution in [1.82, 2.24) is 0 Å². The molecule has 2 nitrogen and oxygen atoms in total. The van der Waals surface area contributed by atoms with Crippen LogP contribution < -0.4 is 0 Å². The summed E-state index contributed by atoms with van der Waals surface area (Å²) < 4.78 is 0. The van der Waals surface area contributed by atoms with E-state index >= 15 is 0 Å². The van der Waals surface area contributed by atoms with Crippen LogP contribution in [0.5, 0.6) is 0 Å². The van der Waals surface area contributed by atoms with E-state index in [-0.39, 0.29) is 109 Å². The Morgan fingerprint density at radius 1 is 0.571 bits per heavy atom. The smallest absolute Gasteiger partial charge is 0 e.